The summed E-state index contributed by atoms with van der Waals surface area (Å²) in [6.07, 6.45) is 4.52. The van der Waals surface area contributed by atoms with E-state index in [-0.39, 0.29) is 24.3 Å². The smallest absolute Gasteiger partial charge is 0.228 e. The van der Waals surface area contributed by atoms with Gasteiger partial charge in [0.15, 0.2) is 5.13 Å². The zero-order valence-corrected chi connectivity index (χ0v) is 18.3. The number of rotatable bonds is 9. The minimum atomic E-state index is -0.0434. The number of hydrogen-bond acceptors (Lipinski definition) is 4. The standard InChI is InChI=1S/C25H27N3O2S/c29-23(17-21-18-31-25(26-21)28-16-8-15-24(28)30)27-22(20-12-5-2-6-13-20)14-7-11-19-9-3-1-4-10-19/h1-6,9-10,12-13,18,22H,7-8,11,14-17H2,(H,27,29). The summed E-state index contributed by atoms with van der Waals surface area (Å²) in [6, 6.07) is 20.5. The van der Waals surface area contributed by atoms with Gasteiger partial charge < -0.3 is 5.32 Å². The Balaban J connectivity index is 1.36. The largest absolute Gasteiger partial charge is 0.349 e. The molecule has 1 aliphatic heterocycles. The Morgan fingerprint density at radius 1 is 1.10 bits per heavy atom. The lowest BCUT2D eigenvalue weighted by atomic mass is 9.99. The molecule has 1 unspecified atom stereocenters. The number of carbonyl (C=O) groups excluding carboxylic acids is 2. The summed E-state index contributed by atoms with van der Waals surface area (Å²) in [5.41, 5.74) is 3.14. The van der Waals surface area contributed by atoms with Crippen molar-refractivity contribution in [2.24, 2.45) is 0 Å². The van der Waals surface area contributed by atoms with Crippen molar-refractivity contribution in [2.45, 2.75) is 44.6 Å². The molecule has 1 fully saturated rings. The predicted molar refractivity (Wildman–Crippen MR) is 124 cm³/mol. The summed E-state index contributed by atoms with van der Waals surface area (Å²) in [5.74, 6) is 0.0751. The zero-order chi connectivity index (χ0) is 21.5. The van der Waals surface area contributed by atoms with Crippen LogP contribution >= 0.6 is 11.3 Å². The number of hydrogen-bond donors (Lipinski definition) is 1. The minimum absolute atomic E-state index is 0.0318. The number of aromatic nitrogens is 1. The van der Waals surface area contributed by atoms with Crippen LogP contribution in [0.4, 0.5) is 5.13 Å². The van der Waals surface area contributed by atoms with Gasteiger partial charge in [0.05, 0.1) is 18.2 Å². The van der Waals surface area contributed by atoms with Crippen molar-refractivity contribution >= 4 is 28.3 Å². The van der Waals surface area contributed by atoms with E-state index in [0.29, 0.717) is 17.2 Å². The fourth-order valence-corrected chi connectivity index (χ4v) is 4.79. The van der Waals surface area contributed by atoms with Crippen LogP contribution in [0.25, 0.3) is 0 Å². The molecule has 160 valence electrons. The molecule has 0 bridgehead atoms. The Hall–Kier alpha value is -2.99. The molecule has 1 aliphatic rings. The first-order valence-electron chi connectivity index (χ1n) is 10.8. The Morgan fingerprint density at radius 3 is 2.55 bits per heavy atom. The maximum absolute atomic E-state index is 12.8. The molecule has 5 nitrogen and oxygen atoms in total. The molecule has 1 saturated heterocycles. The zero-order valence-electron chi connectivity index (χ0n) is 17.5. The van der Waals surface area contributed by atoms with E-state index in [0.717, 1.165) is 37.8 Å². The Kier molecular flexibility index (Phi) is 7.10. The van der Waals surface area contributed by atoms with E-state index in [1.54, 1.807) is 4.90 Å². The molecule has 4 rings (SSSR count). The maximum atomic E-state index is 12.8. The average molecular weight is 434 g/mol. The first-order chi connectivity index (χ1) is 15.2. The van der Waals surface area contributed by atoms with Gasteiger partial charge in [-0.3, -0.25) is 14.5 Å². The summed E-state index contributed by atoms with van der Waals surface area (Å²) in [6.45, 7) is 0.718. The van der Waals surface area contributed by atoms with E-state index in [2.05, 4.69) is 46.7 Å². The summed E-state index contributed by atoms with van der Waals surface area (Å²) < 4.78 is 0. The van der Waals surface area contributed by atoms with Crippen LogP contribution < -0.4 is 10.2 Å². The number of aryl methyl sites for hydroxylation is 1. The third-order valence-corrected chi connectivity index (χ3v) is 6.44. The molecule has 6 heteroatoms. The maximum Gasteiger partial charge on any atom is 0.228 e. The van der Waals surface area contributed by atoms with Gasteiger partial charge in [0, 0.05) is 18.3 Å². The second-order valence-corrected chi connectivity index (χ2v) is 8.69. The second-order valence-electron chi connectivity index (χ2n) is 7.86. The monoisotopic (exact) mass is 433 g/mol. The van der Waals surface area contributed by atoms with Crippen LogP contribution in [0.2, 0.25) is 0 Å². The van der Waals surface area contributed by atoms with Gasteiger partial charge in [-0.15, -0.1) is 11.3 Å². The highest BCUT2D eigenvalue weighted by molar-refractivity contribution is 7.14. The number of carbonyl (C=O) groups is 2. The van der Waals surface area contributed by atoms with Crippen LogP contribution in [0.3, 0.4) is 0 Å². The third-order valence-electron chi connectivity index (χ3n) is 5.52. The van der Waals surface area contributed by atoms with Crippen LogP contribution in [0.15, 0.2) is 66.0 Å². The van der Waals surface area contributed by atoms with Crippen molar-refractivity contribution in [2.75, 3.05) is 11.4 Å². The van der Waals surface area contributed by atoms with Gasteiger partial charge in [0.1, 0.15) is 0 Å². The lowest BCUT2D eigenvalue weighted by Gasteiger charge is -2.19. The van der Waals surface area contributed by atoms with E-state index < -0.39 is 0 Å². The number of nitrogens with zero attached hydrogens (tertiary/aromatic N) is 2. The van der Waals surface area contributed by atoms with Gasteiger partial charge in [-0.25, -0.2) is 4.98 Å². The van der Waals surface area contributed by atoms with Gasteiger partial charge in [-0.1, -0.05) is 60.7 Å². The fourth-order valence-electron chi connectivity index (χ4n) is 3.92. The Bertz CT molecular complexity index is 1000. The first-order valence-corrected chi connectivity index (χ1v) is 11.7. The van der Waals surface area contributed by atoms with Gasteiger partial charge in [0.25, 0.3) is 0 Å². The van der Waals surface area contributed by atoms with Gasteiger partial charge in [-0.05, 0) is 36.8 Å². The Morgan fingerprint density at radius 2 is 1.84 bits per heavy atom. The van der Waals surface area contributed by atoms with E-state index in [1.165, 1.54) is 16.9 Å². The Labute approximate surface area is 187 Å². The molecule has 31 heavy (non-hydrogen) atoms. The average Bonchev–Trinajstić information content (AvgIpc) is 3.43. The molecule has 0 spiro atoms. The van der Waals surface area contributed by atoms with Crippen molar-refractivity contribution in [3.05, 3.63) is 82.9 Å². The minimum Gasteiger partial charge on any atom is -0.349 e. The van der Waals surface area contributed by atoms with Crippen LogP contribution in [0, 0.1) is 0 Å². The number of anilines is 1. The summed E-state index contributed by atoms with van der Waals surface area (Å²) in [4.78, 5) is 31.0. The molecule has 3 aromatic rings. The molecule has 2 amide bonds. The summed E-state index contributed by atoms with van der Waals surface area (Å²) >= 11 is 1.43. The molecule has 0 radical (unpaired) electrons. The highest BCUT2D eigenvalue weighted by Crippen LogP contribution is 2.26. The predicted octanol–water partition coefficient (Wildman–Crippen LogP) is 4.69. The van der Waals surface area contributed by atoms with Crippen molar-refractivity contribution in [1.82, 2.24) is 10.3 Å². The van der Waals surface area contributed by atoms with Crippen LogP contribution in [-0.4, -0.2) is 23.3 Å². The van der Waals surface area contributed by atoms with Crippen LogP contribution in [0.1, 0.15) is 48.5 Å². The SMILES string of the molecule is O=C(Cc1csc(N2CCCC2=O)n1)NC(CCCc1ccccc1)c1ccccc1. The van der Waals surface area contributed by atoms with Crippen molar-refractivity contribution in [1.29, 1.82) is 0 Å². The lowest BCUT2D eigenvalue weighted by molar-refractivity contribution is -0.121. The van der Waals surface area contributed by atoms with Gasteiger partial charge in [0.2, 0.25) is 11.8 Å². The molecule has 1 atom stereocenters. The van der Waals surface area contributed by atoms with E-state index in [9.17, 15) is 9.59 Å². The number of benzene rings is 2. The molecular formula is C25H27N3O2S. The topological polar surface area (TPSA) is 62.3 Å². The number of thiazole rings is 1. The van der Waals surface area contributed by atoms with Crippen LogP contribution in [-0.2, 0) is 22.4 Å². The number of amides is 2. The molecule has 2 aromatic carbocycles. The lowest BCUT2D eigenvalue weighted by Crippen LogP contribution is -2.30. The van der Waals surface area contributed by atoms with E-state index in [4.69, 9.17) is 0 Å². The normalized spacial score (nSPS) is 14.6. The number of nitrogens with one attached hydrogen (secondary N) is 1. The van der Waals surface area contributed by atoms with Crippen molar-refractivity contribution < 1.29 is 9.59 Å². The molecule has 1 N–H and O–H groups in total. The van der Waals surface area contributed by atoms with Gasteiger partial charge in [-0.2, -0.15) is 0 Å². The fraction of sp³-hybridized carbons (Fsp3) is 0.320. The van der Waals surface area contributed by atoms with Crippen molar-refractivity contribution in [3.8, 4) is 0 Å². The van der Waals surface area contributed by atoms with Gasteiger partial charge >= 0.3 is 0 Å². The second kappa shape index (κ2) is 10.4. The molecule has 1 aromatic heterocycles. The molecule has 0 saturated carbocycles. The van der Waals surface area contributed by atoms with E-state index >= 15 is 0 Å². The summed E-state index contributed by atoms with van der Waals surface area (Å²) in [5, 5.41) is 5.78. The van der Waals surface area contributed by atoms with E-state index in [1.807, 2.05) is 29.6 Å². The molecular weight excluding hydrogens is 406 g/mol. The third kappa shape index (κ3) is 5.79. The molecule has 0 aliphatic carbocycles. The highest BCUT2D eigenvalue weighted by atomic mass is 32.1. The highest BCUT2D eigenvalue weighted by Gasteiger charge is 2.24. The quantitative estimate of drug-likeness (QED) is 0.532. The first kappa shape index (κ1) is 21.2. The van der Waals surface area contributed by atoms with Crippen molar-refractivity contribution in [3.63, 3.8) is 0 Å². The summed E-state index contributed by atoms with van der Waals surface area (Å²) in [7, 11) is 0. The van der Waals surface area contributed by atoms with Crippen LogP contribution in [0.5, 0.6) is 0 Å². The molecule has 2 heterocycles.